The van der Waals surface area contributed by atoms with Gasteiger partial charge in [0.2, 0.25) is 0 Å². The molecule has 0 saturated heterocycles. The fourth-order valence-corrected chi connectivity index (χ4v) is 3.90. The van der Waals surface area contributed by atoms with Gasteiger partial charge >= 0.3 is 11.9 Å². The SMILES string of the molecule is COc1ccc(C(CNC(=O)c2ccc3[nH]c(=O)n(C)c3c2)C(F)(F)F)nc1-c1ccc(F)c(Cl)c1. The van der Waals surface area contributed by atoms with Gasteiger partial charge in [0.25, 0.3) is 5.91 Å². The van der Waals surface area contributed by atoms with E-state index in [4.69, 9.17) is 16.3 Å². The highest BCUT2D eigenvalue weighted by atomic mass is 35.5. The number of aromatic amines is 1. The summed E-state index contributed by atoms with van der Waals surface area (Å²) >= 11 is 5.83. The zero-order chi connectivity index (χ0) is 26.2. The summed E-state index contributed by atoms with van der Waals surface area (Å²) in [6.07, 6.45) is -4.75. The molecule has 2 N–H and O–H groups in total. The third kappa shape index (κ3) is 4.92. The van der Waals surface area contributed by atoms with Crippen LogP contribution in [-0.4, -0.2) is 40.3 Å². The Balaban J connectivity index is 1.64. The summed E-state index contributed by atoms with van der Waals surface area (Å²) in [7, 11) is 2.83. The number of benzene rings is 2. The second-order valence-corrected chi connectivity index (χ2v) is 8.35. The number of imidazole rings is 1. The van der Waals surface area contributed by atoms with E-state index in [9.17, 15) is 27.2 Å². The molecule has 0 aliphatic rings. The van der Waals surface area contributed by atoms with Crippen molar-refractivity contribution in [1.29, 1.82) is 0 Å². The molecule has 0 spiro atoms. The van der Waals surface area contributed by atoms with E-state index in [2.05, 4.69) is 15.3 Å². The zero-order valence-electron chi connectivity index (χ0n) is 18.9. The van der Waals surface area contributed by atoms with E-state index in [-0.39, 0.29) is 39.0 Å². The Hall–Kier alpha value is -3.86. The molecule has 1 unspecified atom stereocenters. The zero-order valence-corrected chi connectivity index (χ0v) is 19.7. The average Bonchev–Trinajstić information content (AvgIpc) is 3.12. The minimum Gasteiger partial charge on any atom is -0.494 e. The summed E-state index contributed by atoms with van der Waals surface area (Å²) in [5.74, 6) is -3.43. The quantitative estimate of drug-likeness (QED) is 0.356. The predicted octanol–water partition coefficient (Wildman–Crippen LogP) is 4.81. The van der Waals surface area contributed by atoms with Crippen molar-refractivity contribution >= 4 is 28.5 Å². The number of H-pyrrole nitrogens is 1. The molecule has 0 aliphatic carbocycles. The van der Waals surface area contributed by atoms with Crippen LogP contribution < -0.4 is 15.7 Å². The number of amides is 1. The number of aryl methyl sites for hydroxylation is 1. The summed E-state index contributed by atoms with van der Waals surface area (Å²) in [4.78, 5) is 31.1. The molecular weight excluding hydrogens is 504 g/mol. The largest absolute Gasteiger partial charge is 0.494 e. The number of methoxy groups -OCH3 is 1. The number of hydrogen-bond acceptors (Lipinski definition) is 4. The fraction of sp³-hybridized carbons (Fsp3) is 0.208. The Bertz CT molecular complexity index is 1510. The fourth-order valence-electron chi connectivity index (χ4n) is 3.72. The van der Waals surface area contributed by atoms with E-state index < -0.39 is 30.4 Å². The molecule has 1 amide bonds. The van der Waals surface area contributed by atoms with Crippen molar-refractivity contribution in [1.82, 2.24) is 19.9 Å². The highest BCUT2D eigenvalue weighted by Crippen LogP contribution is 2.37. The third-order valence-corrected chi connectivity index (χ3v) is 5.97. The van der Waals surface area contributed by atoms with E-state index >= 15 is 0 Å². The van der Waals surface area contributed by atoms with Gasteiger partial charge in [0.15, 0.2) is 0 Å². The van der Waals surface area contributed by atoms with Crippen LogP contribution in [0.1, 0.15) is 22.0 Å². The second kappa shape index (κ2) is 9.65. The Morgan fingerprint density at radius 2 is 1.94 bits per heavy atom. The molecule has 7 nitrogen and oxygen atoms in total. The Morgan fingerprint density at radius 3 is 2.61 bits per heavy atom. The summed E-state index contributed by atoms with van der Waals surface area (Å²) in [5.41, 5.74) is 0.544. The lowest BCUT2D eigenvalue weighted by atomic mass is 10.0. The Morgan fingerprint density at radius 1 is 1.19 bits per heavy atom. The average molecular weight is 523 g/mol. The molecule has 0 radical (unpaired) electrons. The van der Waals surface area contributed by atoms with E-state index in [0.29, 0.717) is 11.0 Å². The Labute approximate surface area is 206 Å². The lowest BCUT2D eigenvalue weighted by molar-refractivity contribution is -0.149. The molecule has 0 fully saturated rings. The lowest BCUT2D eigenvalue weighted by Crippen LogP contribution is -2.35. The number of fused-ring (bicyclic) bond motifs is 1. The lowest BCUT2D eigenvalue weighted by Gasteiger charge is -2.21. The van der Waals surface area contributed by atoms with Gasteiger partial charge in [-0.1, -0.05) is 11.6 Å². The van der Waals surface area contributed by atoms with Crippen LogP contribution in [0.2, 0.25) is 5.02 Å². The smallest absolute Gasteiger partial charge is 0.398 e. The second-order valence-electron chi connectivity index (χ2n) is 7.94. The predicted molar refractivity (Wildman–Crippen MR) is 126 cm³/mol. The molecule has 12 heteroatoms. The van der Waals surface area contributed by atoms with Crippen LogP contribution in [0.5, 0.6) is 5.75 Å². The van der Waals surface area contributed by atoms with E-state index in [1.807, 2.05) is 0 Å². The van der Waals surface area contributed by atoms with Crippen LogP contribution in [-0.2, 0) is 7.05 Å². The van der Waals surface area contributed by atoms with Crippen molar-refractivity contribution in [3.8, 4) is 17.0 Å². The molecular formula is C24H19ClF4N4O3. The van der Waals surface area contributed by atoms with Gasteiger partial charge in [0.1, 0.15) is 23.2 Å². The first-order valence-electron chi connectivity index (χ1n) is 10.5. The molecule has 1 atom stereocenters. The highest BCUT2D eigenvalue weighted by molar-refractivity contribution is 6.31. The van der Waals surface area contributed by atoms with Crippen LogP contribution in [0.3, 0.4) is 0 Å². The summed E-state index contributed by atoms with van der Waals surface area (Å²) in [6.45, 7) is -0.796. The molecule has 2 aromatic heterocycles. The normalized spacial score (nSPS) is 12.5. The van der Waals surface area contributed by atoms with Gasteiger partial charge in [-0.3, -0.25) is 9.36 Å². The van der Waals surface area contributed by atoms with Gasteiger partial charge in [0.05, 0.1) is 28.9 Å². The van der Waals surface area contributed by atoms with Gasteiger partial charge in [-0.2, -0.15) is 13.2 Å². The van der Waals surface area contributed by atoms with Crippen molar-refractivity contribution in [2.75, 3.05) is 13.7 Å². The standard InChI is InChI=1S/C24H19ClF4N4O3/c1-33-19-10-13(4-6-18(19)32-23(33)35)22(34)30-11-14(24(27,28)29)17-7-8-20(36-2)21(31-17)12-3-5-16(26)15(25)9-12/h3-10,14H,11H2,1-2H3,(H,30,34)(H,32,35). The number of rotatable bonds is 6. The molecule has 2 heterocycles. The molecule has 2 aromatic carbocycles. The monoisotopic (exact) mass is 522 g/mol. The number of carbonyl (C=O) groups is 1. The van der Waals surface area contributed by atoms with Crippen LogP contribution >= 0.6 is 11.6 Å². The first-order valence-corrected chi connectivity index (χ1v) is 10.9. The van der Waals surface area contributed by atoms with Crippen molar-refractivity contribution < 1.29 is 27.1 Å². The topological polar surface area (TPSA) is 89.0 Å². The minimum atomic E-state index is -4.75. The minimum absolute atomic E-state index is 0.0382. The van der Waals surface area contributed by atoms with Crippen molar-refractivity contribution in [2.45, 2.75) is 12.1 Å². The molecule has 36 heavy (non-hydrogen) atoms. The summed E-state index contributed by atoms with van der Waals surface area (Å²) < 4.78 is 62.2. The van der Waals surface area contributed by atoms with Crippen LogP contribution in [0.4, 0.5) is 17.6 Å². The number of ether oxygens (including phenoxy) is 1. The van der Waals surface area contributed by atoms with Crippen molar-refractivity contribution in [2.24, 2.45) is 7.05 Å². The van der Waals surface area contributed by atoms with Crippen LogP contribution in [0, 0.1) is 5.82 Å². The van der Waals surface area contributed by atoms with Gasteiger partial charge in [-0.15, -0.1) is 0 Å². The van der Waals surface area contributed by atoms with Gasteiger partial charge in [-0.25, -0.2) is 14.2 Å². The molecule has 0 bridgehead atoms. The number of nitrogens with one attached hydrogen (secondary N) is 2. The number of hydrogen-bond donors (Lipinski definition) is 2. The number of carbonyl (C=O) groups excluding carboxylic acids is 1. The van der Waals surface area contributed by atoms with Gasteiger partial charge in [0, 0.05) is 24.7 Å². The number of halogens is 5. The number of aromatic nitrogens is 3. The van der Waals surface area contributed by atoms with E-state index in [0.717, 1.165) is 12.1 Å². The number of pyridine rings is 1. The van der Waals surface area contributed by atoms with Crippen LogP contribution in [0.25, 0.3) is 22.3 Å². The summed E-state index contributed by atoms with van der Waals surface area (Å²) in [5, 5.41) is 2.08. The first kappa shape index (κ1) is 25.2. The van der Waals surface area contributed by atoms with E-state index in [1.54, 1.807) is 0 Å². The molecule has 4 rings (SSSR count). The molecule has 0 saturated carbocycles. The Kier molecular flexibility index (Phi) is 6.77. The maximum Gasteiger partial charge on any atom is 0.398 e. The summed E-state index contributed by atoms with van der Waals surface area (Å²) in [6, 6.07) is 10.4. The highest BCUT2D eigenvalue weighted by Gasteiger charge is 2.42. The third-order valence-electron chi connectivity index (χ3n) is 5.68. The van der Waals surface area contributed by atoms with Crippen molar-refractivity contribution in [3.05, 3.63) is 81.1 Å². The first-order chi connectivity index (χ1) is 17.0. The molecule has 4 aromatic rings. The molecule has 0 aliphatic heterocycles. The number of nitrogens with zero attached hydrogens (tertiary/aromatic N) is 2. The van der Waals surface area contributed by atoms with Gasteiger partial charge in [-0.05, 0) is 48.5 Å². The maximum atomic E-state index is 14.0. The van der Waals surface area contributed by atoms with Gasteiger partial charge < -0.3 is 15.0 Å². The molecule has 188 valence electrons. The van der Waals surface area contributed by atoms with Crippen LogP contribution in [0.15, 0.2) is 53.3 Å². The maximum absolute atomic E-state index is 14.0. The van der Waals surface area contributed by atoms with Crippen molar-refractivity contribution in [3.63, 3.8) is 0 Å². The van der Waals surface area contributed by atoms with E-state index in [1.165, 1.54) is 55.1 Å². The number of alkyl halides is 3.